The monoisotopic (exact) mass is 257 g/mol. The minimum Gasteiger partial charge on any atom is -0.326 e. The molecule has 0 saturated carbocycles. The molecule has 19 heavy (non-hydrogen) atoms. The first-order chi connectivity index (χ1) is 9.17. The van der Waals surface area contributed by atoms with Crippen LogP contribution in [0.2, 0.25) is 0 Å². The minimum absolute atomic E-state index is 0.0735. The molecule has 0 radical (unpaired) electrons. The predicted molar refractivity (Wildman–Crippen MR) is 71.3 cm³/mol. The van der Waals surface area contributed by atoms with Crippen molar-refractivity contribution in [2.75, 3.05) is 5.32 Å². The Morgan fingerprint density at radius 2 is 2.26 bits per heavy atom. The van der Waals surface area contributed by atoms with Crippen molar-refractivity contribution in [2.45, 2.75) is 19.4 Å². The zero-order chi connectivity index (χ0) is 13.4. The zero-order valence-corrected chi connectivity index (χ0v) is 10.7. The highest BCUT2D eigenvalue weighted by molar-refractivity contribution is 5.94. The third-order valence-corrected chi connectivity index (χ3v) is 3.25. The Kier molecular flexibility index (Phi) is 2.79. The SMILES string of the molecule is Cn1nc(CN)nc1-c1ccc2c(c1)CCC(=O)N2. The van der Waals surface area contributed by atoms with E-state index in [0.717, 1.165) is 29.1 Å². The quantitative estimate of drug-likeness (QED) is 0.834. The van der Waals surface area contributed by atoms with Crippen LogP contribution in [0.25, 0.3) is 11.4 Å². The Bertz CT molecular complexity index is 646. The zero-order valence-electron chi connectivity index (χ0n) is 10.7. The summed E-state index contributed by atoms with van der Waals surface area (Å²) >= 11 is 0. The molecule has 0 fully saturated rings. The number of hydrogen-bond acceptors (Lipinski definition) is 4. The molecule has 0 bridgehead atoms. The van der Waals surface area contributed by atoms with Gasteiger partial charge in [0.15, 0.2) is 11.6 Å². The molecule has 0 atom stereocenters. The second kappa shape index (κ2) is 4.47. The Morgan fingerprint density at radius 3 is 3.00 bits per heavy atom. The maximum absolute atomic E-state index is 11.3. The van der Waals surface area contributed by atoms with Gasteiger partial charge in [-0.2, -0.15) is 5.10 Å². The molecule has 1 aromatic heterocycles. The fourth-order valence-corrected chi connectivity index (χ4v) is 2.30. The Hall–Kier alpha value is -2.21. The van der Waals surface area contributed by atoms with Crippen LogP contribution in [0.4, 0.5) is 5.69 Å². The maximum atomic E-state index is 11.3. The number of carbonyl (C=O) groups is 1. The molecular formula is C13H15N5O. The maximum Gasteiger partial charge on any atom is 0.224 e. The standard InChI is InChI=1S/C13H15N5O/c1-18-13(16-11(7-14)17-18)9-2-4-10-8(6-9)3-5-12(19)15-10/h2,4,6H,3,5,7,14H2,1H3,(H,15,19). The molecule has 2 heterocycles. The number of aromatic nitrogens is 3. The first-order valence-corrected chi connectivity index (χ1v) is 6.20. The first kappa shape index (κ1) is 11.9. The highest BCUT2D eigenvalue weighted by atomic mass is 16.1. The molecule has 1 aromatic carbocycles. The molecular weight excluding hydrogens is 242 g/mol. The minimum atomic E-state index is 0.0735. The molecule has 1 aliphatic rings. The summed E-state index contributed by atoms with van der Waals surface area (Å²) < 4.78 is 1.73. The van der Waals surface area contributed by atoms with Crippen LogP contribution in [0.3, 0.4) is 0 Å². The number of anilines is 1. The van der Waals surface area contributed by atoms with E-state index in [1.54, 1.807) is 4.68 Å². The predicted octanol–water partition coefficient (Wildman–Crippen LogP) is 0.826. The van der Waals surface area contributed by atoms with Crippen LogP contribution in [0, 0.1) is 0 Å². The van der Waals surface area contributed by atoms with Gasteiger partial charge in [-0.1, -0.05) is 0 Å². The van der Waals surface area contributed by atoms with Crippen LogP contribution in [0.1, 0.15) is 17.8 Å². The number of fused-ring (bicyclic) bond motifs is 1. The number of carbonyl (C=O) groups excluding carboxylic acids is 1. The van der Waals surface area contributed by atoms with Crippen molar-refractivity contribution in [1.82, 2.24) is 14.8 Å². The van der Waals surface area contributed by atoms with Crippen molar-refractivity contribution in [3.05, 3.63) is 29.6 Å². The summed E-state index contributed by atoms with van der Waals surface area (Å²) in [5, 5.41) is 7.11. The Morgan fingerprint density at radius 1 is 1.42 bits per heavy atom. The van der Waals surface area contributed by atoms with Crippen molar-refractivity contribution in [1.29, 1.82) is 0 Å². The summed E-state index contributed by atoms with van der Waals surface area (Å²) in [6, 6.07) is 5.91. The third-order valence-electron chi connectivity index (χ3n) is 3.25. The van der Waals surface area contributed by atoms with E-state index in [-0.39, 0.29) is 5.91 Å². The summed E-state index contributed by atoms with van der Waals surface area (Å²) in [4.78, 5) is 15.7. The summed E-state index contributed by atoms with van der Waals surface area (Å²) in [6.45, 7) is 0.328. The van der Waals surface area contributed by atoms with Crippen molar-refractivity contribution in [3.63, 3.8) is 0 Å². The summed E-state index contributed by atoms with van der Waals surface area (Å²) in [7, 11) is 1.85. The van der Waals surface area contributed by atoms with E-state index in [0.29, 0.717) is 18.8 Å². The van der Waals surface area contributed by atoms with Crippen molar-refractivity contribution in [3.8, 4) is 11.4 Å². The van der Waals surface area contributed by atoms with Gasteiger partial charge in [0, 0.05) is 24.7 Å². The molecule has 3 N–H and O–H groups in total. The van der Waals surface area contributed by atoms with E-state index < -0.39 is 0 Å². The Balaban J connectivity index is 2.02. The molecule has 0 saturated heterocycles. The van der Waals surface area contributed by atoms with Gasteiger partial charge in [0.25, 0.3) is 0 Å². The lowest BCUT2D eigenvalue weighted by molar-refractivity contribution is -0.116. The van der Waals surface area contributed by atoms with Crippen LogP contribution in [-0.2, 0) is 24.8 Å². The van der Waals surface area contributed by atoms with Crippen molar-refractivity contribution >= 4 is 11.6 Å². The molecule has 0 aliphatic carbocycles. The largest absolute Gasteiger partial charge is 0.326 e. The van der Waals surface area contributed by atoms with E-state index in [1.807, 2.05) is 19.2 Å². The van der Waals surface area contributed by atoms with E-state index in [4.69, 9.17) is 5.73 Å². The molecule has 98 valence electrons. The number of nitrogens with one attached hydrogen (secondary N) is 1. The summed E-state index contributed by atoms with van der Waals surface area (Å²) in [6.07, 6.45) is 1.29. The third kappa shape index (κ3) is 2.10. The fourth-order valence-electron chi connectivity index (χ4n) is 2.30. The van der Waals surface area contributed by atoms with E-state index in [9.17, 15) is 4.79 Å². The molecule has 1 aliphatic heterocycles. The molecule has 6 nitrogen and oxygen atoms in total. The van der Waals surface area contributed by atoms with E-state index >= 15 is 0 Å². The number of aryl methyl sites for hydroxylation is 2. The van der Waals surface area contributed by atoms with Gasteiger partial charge in [-0.25, -0.2) is 9.67 Å². The van der Waals surface area contributed by atoms with Gasteiger partial charge in [-0.15, -0.1) is 0 Å². The van der Waals surface area contributed by atoms with Crippen LogP contribution in [0.15, 0.2) is 18.2 Å². The lowest BCUT2D eigenvalue weighted by Gasteiger charge is -2.17. The van der Waals surface area contributed by atoms with Crippen LogP contribution in [-0.4, -0.2) is 20.7 Å². The van der Waals surface area contributed by atoms with Crippen LogP contribution >= 0.6 is 0 Å². The van der Waals surface area contributed by atoms with E-state index in [1.165, 1.54) is 0 Å². The molecule has 6 heteroatoms. The smallest absolute Gasteiger partial charge is 0.224 e. The highest BCUT2D eigenvalue weighted by Gasteiger charge is 2.16. The summed E-state index contributed by atoms with van der Waals surface area (Å²) in [5.41, 5.74) is 8.56. The van der Waals surface area contributed by atoms with Gasteiger partial charge in [0.05, 0.1) is 6.54 Å². The molecule has 1 amide bonds. The van der Waals surface area contributed by atoms with Crippen molar-refractivity contribution in [2.24, 2.45) is 12.8 Å². The number of nitrogens with zero attached hydrogens (tertiary/aromatic N) is 3. The number of rotatable bonds is 2. The fraction of sp³-hybridized carbons (Fsp3) is 0.308. The van der Waals surface area contributed by atoms with Crippen LogP contribution < -0.4 is 11.1 Å². The molecule has 3 rings (SSSR count). The molecule has 0 spiro atoms. The number of amides is 1. The van der Waals surface area contributed by atoms with Gasteiger partial charge in [0.2, 0.25) is 5.91 Å². The second-order valence-electron chi connectivity index (χ2n) is 4.60. The Labute approximate surface area is 110 Å². The van der Waals surface area contributed by atoms with Gasteiger partial charge in [-0.3, -0.25) is 4.79 Å². The lowest BCUT2D eigenvalue weighted by Crippen LogP contribution is -2.18. The van der Waals surface area contributed by atoms with Gasteiger partial charge >= 0.3 is 0 Å². The summed E-state index contributed by atoms with van der Waals surface area (Å²) in [5.74, 6) is 1.49. The number of hydrogen-bond donors (Lipinski definition) is 2. The molecule has 2 aromatic rings. The second-order valence-corrected chi connectivity index (χ2v) is 4.60. The first-order valence-electron chi connectivity index (χ1n) is 6.20. The van der Waals surface area contributed by atoms with Gasteiger partial charge in [0.1, 0.15) is 0 Å². The van der Waals surface area contributed by atoms with Gasteiger partial charge in [-0.05, 0) is 30.2 Å². The average Bonchev–Trinajstić information content (AvgIpc) is 2.79. The lowest BCUT2D eigenvalue weighted by atomic mass is 10.0. The number of benzene rings is 1. The van der Waals surface area contributed by atoms with Gasteiger partial charge < -0.3 is 11.1 Å². The van der Waals surface area contributed by atoms with E-state index in [2.05, 4.69) is 21.5 Å². The number of nitrogens with two attached hydrogens (primary N) is 1. The van der Waals surface area contributed by atoms with Crippen molar-refractivity contribution < 1.29 is 4.79 Å². The molecule has 0 unspecified atom stereocenters. The normalized spacial score (nSPS) is 14.1. The van der Waals surface area contributed by atoms with Crippen LogP contribution in [0.5, 0.6) is 0 Å². The topological polar surface area (TPSA) is 85.8 Å². The highest BCUT2D eigenvalue weighted by Crippen LogP contribution is 2.27. The average molecular weight is 257 g/mol.